The maximum absolute atomic E-state index is 12.4. The Morgan fingerprint density at radius 2 is 1.39 bits per heavy atom. The van der Waals surface area contributed by atoms with Gasteiger partial charge in [0, 0.05) is 17.7 Å². The lowest BCUT2D eigenvalue weighted by atomic mass is 9.96. The zero-order valence-electron chi connectivity index (χ0n) is 30.9. The Bertz CT molecular complexity index is 2150. The van der Waals surface area contributed by atoms with Crippen molar-refractivity contribution in [3.05, 3.63) is 130 Å². The van der Waals surface area contributed by atoms with Crippen LogP contribution in [0.1, 0.15) is 66.7 Å². The molecule has 1 saturated heterocycles. The van der Waals surface area contributed by atoms with Crippen molar-refractivity contribution >= 4 is 39.7 Å². The van der Waals surface area contributed by atoms with E-state index < -0.39 is 52.1 Å². The molecule has 57 heavy (non-hydrogen) atoms. The molecule has 18 heteroatoms. The molecule has 0 aliphatic carbocycles. The summed E-state index contributed by atoms with van der Waals surface area (Å²) in [6.07, 6.45) is -4.13. The highest BCUT2D eigenvalue weighted by molar-refractivity contribution is 7.89. The van der Waals surface area contributed by atoms with Crippen LogP contribution in [0.3, 0.4) is 0 Å². The smallest absolute Gasteiger partial charge is 0.481 e. The molecule has 1 aliphatic rings. The Labute approximate surface area is 325 Å². The number of ether oxygens (including phenoxy) is 2. The molecular formula is C39H40F3NO13S. The number of aryl methyl sites for hydroxylation is 3. The lowest BCUT2D eigenvalue weighted by molar-refractivity contribution is -0.274. The number of carboxylic acid groups (broad SMARTS) is 4. The Balaban J connectivity index is 0.000000272. The highest BCUT2D eigenvalue weighted by Gasteiger charge is 2.31. The molecule has 0 amide bonds. The third-order valence-electron chi connectivity index (χ3n) is 7.80. The van der Waals surface area contributed by atoms with Gasteiger partial charge < -0.3 is 29.9 Å². The molecule has 14 nitrogen and oxygen atoms in total. The number of alkyl halides is 3. The molecule has 0 spiro atoms. The fourth-order valence-corrected chi connectivity index (χ4v) is 5.73. The predicted octanol–water partition coefficient (Wildman–Crippen LogP) is 6.37. The molecule has 2 atom stereocenters. The number of sulfonamides is 1. The van der Waals surface area contributed by atoms with E-state index in [1.165, 1.54) is 37.3 Å². The largest absolute Gasteiger partial charge is 0.573 e. The van der Waals surface area contributed by atoms with E-state index in [2.05, 4.69) is 9.46 Å². The molecule has 1 fully saturated rings. The zero-order chi connectivity index (χ0) is 43.1. The highest BCUT2D eigenvalue weighted by atomic mass is 32.2. The standard InChI is InChI=1S/C16H14O3.C10H13NO4S.C8H5F3O3.C5H8O3/c1-10-7-8-12(9-11(10)2)15(17)13-5-3-4-6-14(13)16(18)19;1-7-3-5-9(6-4-7)16(14,15)11-8(2)10(12)13;9-8(10,11)14-6-3-1-2-5(4-6)7(12)13;6-5(7)4-1-2-8-3-4/h3-9H,1-2H3,(H,18,19);3-6,8,11H,1-2H3,(H,12,13);1-4H,(H,12,13);4H,1-3H2,(H,6,7). The molecule has 0 saturated carbocycles. The minimum Gasteiger partial charge on any atom is -0.481 e. The molecule has 0 bridgehead atoms. The summed E-state index contributed by atoms with van der Waals surface area (Å²) in [6.45, 7) is 8.01. The maximum atomic E-state index is 12.4. The number of halogens is 3. The van der Waals surface area contributed by atoms with Crippen molar-refractivity contribution in [2.75, 3.05) is 13.2 Å². The summed E-state index contributed by atoms with van der Waals surface area (Å²) in [6, 6.07) is 20.8. The molecule has 1 aliphatic heterocycles. The first kappa shape index (κ1) is 47.0. The fourth-order valence-electron chi connectivity index (χ4n) is 4.53. The maximum Gasteiger partial charge on any atom is 0.573 e. The minimum atomic E-state index is -4.81. The molecule has 306 valence electrons. The lowest BCUT2D eigenvalue weighted by Gasteiger charge is -2.10. The highest BCUT2D eigenvalue weighted by Crippen LogP contribution is 2.23. The summed E-state index contributed by atoms with van der Waals surface area (Å²) in [7, 11) is -3.75. The number of aromatic carboxylic acids is 2. The third-order valence-corrected chi connectivity index (χ3v) is 9.35. The van der Waals surface area contributed by atoms with E-state index >= 15 is 0 Å². The van der Waals surface area contributed by atoms with Crippen molar-refractivity contribution in [1.29, 1.82) is 0 Å². The van der Waals surface area contributed by atoms with Crippen LogP contribution in [0.2, 0.25) is 0 Å². The molecule has 1 heterocycles. The van der Waals surface area contributed by atoms with E-state index in [4.69, 9.17) is 25.2 Å². The number of ketones is 1. The summed E-state index contributed by atoms with van der Waals surface area (Å²) in [4.78, 5) is 54.6. The van der Waals surface area contributed by atoms with Crippen molar-refractivity contribution in [1.82, 2.24) is 4.72 Å². The summed E-state index contributed by atoms with van der Waals surface area (Å²) in [5.74, 6) is -5.39. The zero-order valence-corrected chi connectivity index (χ0v) is 31.8. The van der Waals surface area contributed by atoms with E-state index in [-0.39, 0.29) is 33.3 Å². The summed E-state index contributed by atoms with van der Waals surface area (Å²) < 4.78 is 68.9. The number of hydrogen-bond acceptors (Lipinski definition) is 9. The Morgan fingerprint density at radius 1 is 0.772 bits per heavy atom. The second kappa shape index (κ2) is 21.3. The topological polar surface area (TPSA) is 231 Å². The second-order valence-electron chi connectivity index (χ2n) is 12.3. The van der Waals surface area contributed by atoms with Crippen LogP contribution in [0.5, 0.6) is 5.75 Å². The van der Waals surface area contributed by atoms with Gasteiger partial charge in [0.15, 0.2) is 5.78 Å². The van der Waals surface area contributed by atoms with Crippen molar-refractivity contribution in [3.8, 4) is 5.75 Å². The fraction of sp³-hybridized carbons (Fsp3) is 0.256. The van der Waals surface area contributed by atoms with Crippen LogP contribution in [0.4, 0.5) is 13.2 Å². The van der Waals surface area contributed by atoms with E-state index in [9.17, 15) is 45.6 Å². The molecule has 0 aromatic heterocycles. The molecule has 4 aromatic rings. The lowest BCUT2D eigenvalue weighted by Crippen LogP contribution is -2.38. The first-order chi connectivity index (χ1) is 26.5. The monoisotopic (exact) mass is 819 g/mol. The predicted molar refractivity (Wildman–Crippen MR) is 198 cm³/mol. The van der Waals surface area contributed by atoms with Gasteiger partial charge in [-0.15, -0.1) is 13.2 Å². The van der Waals surface area contributed by atoms with Gasteiger partial charge in [-0.3, -0.25) is 14.4 Å². The molecular weight excluding hydrogens is 779 g/mol. The molecule has 5 rings (SSSR count). The number of nitrogens with one attached hydrogen (secondary N) is 1. The van der Waals surface area contributed by atoms with Gasteiger partial charge in [0.2, 0.25) is 10.0 Å². The molecule has 5 N–H and O–H groups in total. The Hall–Kier alpha value is -6.11. The van der Waals surface area contributed by atoms with Crippen molar-refractivity contribution < 1.29 is 75.5 Å². The van der Waals surface area contributed by atoms with E-state index in [0.717, 1.165) is 28.8 Å². The van der Waals surface area contributed by atoms with Gasteiger partial charge in [-0.05, 0) is 87.7 Å². The summed E-state index contributed by atoms with van der Waals surface area (Å²) in [5.41, 5.74) is 3.56. The molecule has 2 unspecified atom stereocenters. The van der Waals surface area contributed by atoms with Gasteiger partial charge in [-0.1, -0.05) is 54.1 Å². The number of carboxylic acids is 4. The third kappa shape index (κ3) is 15.9. The Kier molecular flexibility index (Phi) is 17.5. The van der Waals surface area contributed by atoms with Gasteiger partial charge in [0.05, 0.1) is 28.5 Å². The van der Waals surface area contributed by atoms with E-state index in [1.807, 2.05) is 26.8 Å². The van der Waals surface area contributed by atoms with Gasteiger partial charge in [-0.2, -0.15) is 4.72 Å². The number of carbonyl (C=O) groups is 5. The van der Waals surface area contributed by atoms with Crippen molar-refractivity contribution in [2.45, 2.75) is 51.4 Å². The SMILES string of the molecule is Cc1ccc(C(=O)c2ccccc2C(=O)O)cc1C.Cc1ccc(S(=O)(=O)NC(C)C(=O)O)cc1.O=C(O)C1CCOC1.O=C(O)c1cccc(OC(F)(F)F)c1. The van der Waals surface area contributed by atoms with Gasteiger partial charge in [-0.25, -0.2) is 18.0 Å². The quantitative estimate of drug-likeness (QED) is 0.110. The Morgan fingerprint density at radius 3 is 1.86 bits per heavy atom. The minimum absolute atomic E-state index is 0.0331. The van der Waals surface area contributed by atoms with Crippen LogP contribution in [-0.4, -0.2) is 84.1 Å². The number of rotatable bonds is 10. The van der Waals surface area contributed by atoms with Crippen LogP contribution in [0.25, 0.3) is 0 Å². The van der Waals surface area contributed by atoms with Crippen LogP contribution >= 0.6 is 0 Å². The van der Waals surface area contributed by atoms with Gasteiger partial charge in [0.1, 0.15) is 11.8 Å². The van der Waals surface area contributed by atoms with Crippen LogP contribution < -0.4 is 9.46 Å². The van der Waals surface area contributed by atoms with Crippen molar-refractivity contribution in [3.63, 3.8) is 0 Å². The van der Waals surface area contributed by atoms with E-state index in [0.29, 0.717) is 25.2 Å². The van der Waals surface area contributed by atoms with Crippen LogP contribution in [-0.2, 0) is 24.3 Å². The summed E-state index contributed by atoms with van der Waals surface area (Å²) in [5, 5.41) is 34.5. The summed E-state index contributed by atoms with van der Waals surface area (Å²) >= 11 is 0. The van der Waals surface area contributed by atoms with Gasteiger partial charge in [0.25, 0.3) is 0 Å². The average molecular weight is 820 g/mol. The normalized spacial score (nSPS) is 13.8. The average Bonchev–Trinajstić information content (AvgIpc) is 3.69. The second-order valence-corrected chi connectivity index (χ2v) is 14.0. The van der Waals surface area contributed by atoms with Crippen LogP contribution in [0, 0.1) is 26.7 Å². The van der Waals surface area contributed by atoms with Crippen LogP contribution in [0.15, 0.2) is 95.9 Å². The van der Waals surface area contributed by atoms with Crippen molar-refractivity contribution in [2.24, 2.45) is 5.92 Å². The number of carbonyl (C=O) groups excluding carboxylic acids is 1. The number of benzene rings is 4. The first-order valence-corrected chi connectivity index (χ1v) is 18.2. The van der Waals surface area contributed by atoms with Gasteiger partial charge >= 0.3 is 30.2 Å². The number of aliphatic carboxylic acids is 2. The molecule has 4 aromatic carbocycles. The molecule has 0 radical (unpaired) electrons. The van der Waals surface area contributed by atoms with E-state index in [1.54, 1.807) is 42.5 Å². The number of hydrogen-bond donors (Lipinski definition) is 5. The first-order valence-electron chi connectivity index (χ1n) is 16.7.